The molecule has 4 fully saturated rings. The minimum absolute atomic E-state index is 0.604. The molecular formula is C24H42O20. The fourth-order valence-electron chi connectivity index (χ4n) is 5.36. The zero-order valence-corrected chi connectivity index (χ0v) is 23.3. The van der Waals surface area contributed by atoms with Gasteiger partial charge in [0.1, 0.15) is 91.6 Å². The maximum Gasteiger partial charge on any atom is 0.187 e. The predicted molar refractivity (Wildman–Crippen MR) is 132 cm³/mol. The summed E-state index contributed by atoms with van der Waals surface area (Å²) in [5.41, 5.74) is 0. The summed E-state index contributed by atoms with van der Waals surface area (Å²) in [4.78, 5) is 0. The smallest absolute Gasteiger partial charge is 0.187 e. The fourth-order valence-corrected chi connectivity index (χ4v) is 5.36. The van der Waals surface area contributed by atoms with Gasteiger partial charge in [0.15, 0.2) is 25.2 Å². The molecule has 44 heavy (non-hydrogen) atoms. The summed E-state index contributed by atoms with van der Waals surface area (Å²) in [6.45, 7) is -0.866. The maximum absolute atomic E-state index is 10.9. The van der Waals surface area contributed by atoms with E-state index in [9.17, 15) is 66.4 Å². The summed E-state index contributed by atoms with van der Waals surface area (Å²) in [5, 5.41) is 132. The molecule has 0 aliphatic carbocycles. The molecule has 20 nitrogen and oxygen atoms in total. The summed E-state index contributed by atoms with van der Waals surface area (Å²) in [7, 11) is 0. The van der Waals surface area contributed by atoms with E-state index in [0.717, 1.165) is 0 Å². The van der Waals surface area contributed by atoms with Crippen LogP contribution in [-0.2, 0) is 33.2 Å². The summed E-state index contributed by atoms with van der Waals surface area (Å²) in [5.74, 6) is 0. The van der Waals surface area contributed by atoms with E-state index in [0.29, 0.717) is 0 Å². The van der Waals surface area contributed by atoms with Gasteiger partial charge in [0.2, 0.25) is 0 Å². The van der Waals surface area contributed by atoms with Crippen LogP contribution in [0.2, 0.25) is 0 Å². The Morgan fingerprint density at radius 3 is 1.57 bits per heavy atom. The van der Waals surface area contributed by atoms with Crippen LogP contribution in [-0.4, -0.2) is 209 Å². The van der Waals surface area contributed by atoms with Crippen molar-refractivity contribution in [2.24, 2.45) is 0 Å². The molecule has 20 heteroatoms. The number of hydrogen-bond donors (Lipinski definition) is 13. The van der Waals surface area contributed by atoms with E-state index < -0.39 is 143 Å². The summed E-state index contributed by atoms with van der Waals surface area (Å²) in [6.07, 6.45) is -33.6. The molecule has 4 aliphatic rings. The summed E-state index contributed by atoms with van der Waals surface area (Å²) >= 11 is 0. The van der Waals surface area contributed by atoms with Crippen molar-refractivity contribution in [2.75, 3.05) is 19.8 Å². The van der Waals surface area contributed by atoms with Gasteiger partial charge in [0.25, 0.3) is 0 Å². The normalized spacial score (nSPS) is 53.9. The number of rotatable bonds is 9. The van der Waals surface area contributed by atoms with Gasteiger partial charge in [0.05, 0.1) is 25.9 Å². The summed E-state index contributed by atoms with van der Waals surface area (Å²) < 4.78 is 38.1. The van der Waals surface area contributed by atoms with Crippen molar-refractivity contribution >= 4 is 0 Å². The third-order valence-electron chi connectivity index (χ3n) is 8.15. The monoisotopic (exact) mass is 650 g/mol. The predicted octanol–water partition coefficient (Wildman–Crippen LogP) is -8.72. The molecule has 0 aromatic carbocycles. The second kappa shape index (κ2) is 15.0. The Morgan fingerprint density at radius 2 is 0.955 bits per heavy atom. The van der Waals surface area contributed by atoms with Crippen molar-refractivity contribution in [3.8, 4) is 0 Å². The summed E-state index contributed by atoms with van der Waals surface area (Å²) in [6, 6.07) is 0. The van der Waals surface area contributed by atoms with Gasteiger partial charge < -0.3 is 99.5 Å². The maximum atomic E-state index is 10.9. The molecule has 20 atom stereocenters. The van der Waals surface area contributed by atoms with Crippen molar-refractivity contribution in [3.63, 3.8) is 0 Å². The molecule has 4 heterocycles. The van der Waals surface area contributed by atoms with E-state index in [1.807, 2.05) is 0 Å². The van der Waals surface area contributed by atoms with Crippen molar-refractivity contribution in [2.45, 2.75) is 130 Å². The Labute approximate surface area is 249 Å². The molecule has 4 saturated heterocycles. The van der Waals surface area contributed by atoms with Crippen LogP contribution in [0.5, 0.6) is 0 Å². The highest BCUT2D eigenvalue weighted by atomic mass is 16.8. The average molecular weight is 651 g/mol. The van der Waals surface area contributed by atoms with Gasteiger partial charge in [-0.2, -0.15) is 0 Å². The van der Waals surface area contributed by atoms with Gasteiger partial charge in [-0.15, -0.1) is 0 Å². The van der Waals surface area contributed by atoms with E-state index in [2.05, 4.69) is 0 Å². The second-order valence-corrected chi connectivity index (χ2v) is 11.2. The molecule has 0 aromatic heterocycles. The molecule has 0 radical (unpaired) electrons. The minimum atomic E-state index is -1.99. The topological polar surface area (TPSA) is 328 Å². The zero-order valence-electron chi connectivity index (χ0n) is 23.3. The zero-order chi connectivity index (χ0) is 32.6. The lowest BCUT2D eigenvalue weighted by molar-refractivity contribution is -0.385. The molecule has 13 N–H and O–H groups in total. The number of aliphatic hydroxyl groups excluding tert-OH is 13. The van der Waals surface area contributed by atoms with Crippen LogP contribution in [0.25, 0.3) is 0 Å². The standard InChI is InChI=1S/C24H42O20/c1-5-9(27)14(32)20(24(39-5)38-4-8-11(29)12(30)16(34)21(37)40-8)44-23-18(36)15(33)19(7(3-26)42-23)43-22-17(35)13(31)10(28)6(2-25)41-22/h5-37H,2-4H2,1H3/t5-,6+,7+,8+,9-,10+,11+,12-,13-,14+,15+,16+,17+,18+,19+,20+,21-,22+,23+,24+/m0/s1. The Bertz CT molecular complexity index is 898. The molecule has 4 aliphatic heterocycles. The average Bonchev–Trinajstić information content (AvgIpc) is 3.00. The SMILES string of the molecule is C[C@@H]1O[C@@H](OC[C@H]2O[C@H](O)[C@H](O)[C@@H](O)[C@@H]2O)[C@H](O[C@H]2O[C@H](CO)[C@@H](O[C@H]3O[C@H](CO)[C@@H](O)[C@H](O)[C@H]3O)[C@H](O)[C@H]2O)[C@H](O)[C@H]1O. The lowest BCUT2D eigenvalue weighted by atomic mass is 9.96. The van der Waals surface area contributed by atoms with Crippen molar-refractivity contribution in [3.05, 3.63) is 0 Å². The first-order valence-electron chi connectivity index (χ1n) is 14.0. The van der Waals surface area contributed by atoms with Crippen molar-refractivity contribution in [1.82, 2.24) is 0 Å². The van der Waals surface area contributed by atoms with Crippen molar-refractivity contribution < 1.29 is 99.5 Å². The minimum Gasteiger partial charge on any atom is -0.394 e. The fraction of sp³-hybridized carbons (Fsp3) is 1.00. The van der Waals surface area contributed by atoms with E-state index in [4.69, 9.17) is 33.2 Å². The third-order valence-corrected chi connectivity index (χ3v) is 8.15. The molecule has 0 spiro atoms. The Hall–Kier alpha value is -0.800. The highest BCUT2D eigenvalue weighted by molar-refractivity contribution is 4.96. The molecule has 258 valence electrons. The van der Waals surface area contributed by atoms with Crippen LogP contribution >= 0.6 is 0 Å². The molecule has 0 aromatic rings. The third kappa shape index (κ3) is 7.19. The molecular weight excluding hydrogens is 608 g/mol. The van der Waals surface area contributed by atoms with E-state index >= 15 is 0 Å². The van der Waals surface area contributed by atoms with E-state index in [1.54, 1.807) is 0 Å². The van der Waals surface area contributed by atoms with E-state index in [-0.39, 0.29) is 0 Å². The van der Waals surface area contributed by atoms with Crippen LogP contribution in [0.3, 0.4) is 0 Å². The van der Waals surface area contributed by atoms with Crippen LogP contribution in [0, 0.1) is 0 Å². The van der Waals surface area contributed by atoms with Crippen LogP contribution in [0.1, 0.15) is 6.92 Å². The quantitative estimate of drug-likeness (QED) is 0.110. The molecule has 0 unspecified atom stereocenters. The molecule has 0 amide bonds. The van der Waals surface area contributed by atoms with Gasteiger partial charge in [-0.25, -0.2) is 0 Å². The highest BCUT2D eigenvalue weighted by Crippen LogP contribution is 2.33. The second-order valence-electron chi connectivity index (χ2n) is 11.2. The number of aliphatic hydroxyl groups is 13. The largest absolute Gasteiger partial charge is 0.394 e. The molecule has 4 rings (SSSR count). The van der Waals surface area contributed by atoms with Crippen LogP contribution < -0.4 is 0 Å². The highest BCUT2D eigenvalue weighted by Gasteiger charge is 2.53. The first kappa shape index (κ1) is 36.0. The molecule has 0 saturated carbocycles. The Morgan fingerprint density at radius 1 is 0.455 bits per heavy atom. The van der Waals surface area contributed by atoms with Gasteiger partial charge in [-0.05, 0) is 6.92 Å². The Kier molecular flexibility index (Phi) is 12.3. The Balaban J connectivity index is 1.45. The van der Waals surface area contributed by atoms with Gasteiger partial charge in [0, 0.05) is 0 Å². The van der Waals surface area contributed by atoms with E-state index in [1.165, 1.54) is 6.92 Å². The van der Waals surface area contributed by atoms with Crippen molar-refractivity contribution in [1.29, 1.82) is 0 Å². The van der Waals surface area contributed by atoms with Gasteiger partial charge in [-0.1, -0.05) is 0 Å². The van der Waals surface area contributed by atoms with Gasteiger partial charge >= 0.3 is 0 Å². The molecule has 0 bridgehead atoms. The number of hydrogen-bond acceptors (Lipinski definition) is 20. The van der Waals surface area contributed by atoms with Crippen LogP contribution in [0.4, 0.5) is 0 Å². The van der Waals surface area contributed by atoms with Gasteiger partial charge in [-0.3, -0.25) is 0 Å². The first-order chi connectivity index (χ1) is 20.7. The first-order valence-corrected chi connectivity index (χ1v) is 14.0. The lowest BCUT2D eigenvalue weighted by Crippen LogP contribution is -2.66. The lowest BCUT2D eigenvalue weighted by Gasteiger charge is -2.48. The number of ether oxygens (including phenoxy) is 7. The van der Waals surface area contributed by atoms with Crippen LogP contribution in [0.15, 0.2) is 0 Å².